The van der Waals surface area contributed by atoms with Crippen molar-refractivity contribution in [3.8, 4) is 11.5 Å². The molecule has 0 saturated carbocycles. The summed E-state index contributed by atoms with van der Waals surface area (Å²) in [7, 11) is 1.53. The number of thioether (sulfide) groups is 1. The van der Waals surface area contributed by atoms with E-state index in [0.29, 0.717) is 23.7 Å². The lowest BCUT2D eigenvalue weighted by Gasteiger charge is -2.12. The highest BCUT2D eigenvalue weighted by molar-refractivity contribution is 8.18. The lowest BCUT2D eigenvalue weighted by molar-refractivity contribution is -0.145. The topological polar surface area (TPSA) is 82.1 Å². The first-order chi connectivity index (χ1) is 14.9. The maximum atomic E-state index is 12.5. The predicted molar refractivity (Wildman–Crippen MR) is 118 cm³/mol. The number of esters is 1. The Balaban J connectivity index is 1.73. The summed E-state index contributed by atoms with van der Waals surface area (Å²) in [5.74, 6) is -0.0756. The van der Waals surface area contributed by atoms with Crippen LogP contribution in [0.2, 0.25) is 0 Å². The third kappa shape index (κ3) is 5.67. The van der Waals surface area contributed by atoms with E-state index in [1.165, 1.54) is 7.11 Å². The van der Waals surface area contributed by atoms with Crippen molar-refractivity contribution in [3.63, 3.8) is 0 Å². The lowest BCUT2D eigenvalue weighted by atomic mass is 10.1. The molecule has 0 radical (unpaired) electrons. The zero-order chi connectivity index (χ0) is 22.4. The minimum absolute atomic E-state index is 0.184. The molecule has 1 aliphatic heterocycles. The Bertz CT molecular complexity index is 1030. The van der Waals surface area contributed by atoms with E-state index in [1.807, 2.05) is 31.2 Å². The Labute approximate surface area is 185 Å². The van der Waals surface area contributed by atoms with Crippen molar-refractivity contribution in [2.45, 2.75) is 20.5 Å². The molecule has 3 rings (SSSR count). The molecule has 0 atom stereocenters. The average molecular weight is 442 g/mol. The molecular formula is C23H23NO6S. The molecule has 0 aromatic heterocycles. The number of imide groups is 1. The van der Waals surface area contributed by atoms with Crippen LogP contribution in [0.15, 0.2) is 47.4 Å². The molecule has 1 saturated heterocycles. The summed E-state index contributed by atoms with van der Waals surface area (Å²) in [4.78, 5) is 37.4. The quantitative estimate of drug-likeness (QED) is 0.449. The fourth-order valence-electron chi connectivity index (χ4n) is 2.98. The predicted octanol–water partition coefficient (Wildman–Crippen LogP) is 4.18. The van der Waals surface area contributed by atoms with Crippen LogP contribution in [0.4, 0.5) is 4.79 Å². The molecule has 1 fully saturated rings. The van der Waals surface area contributed by atoms with Gasteiger partial charge in [0.1, 0.15) is 13.2 Å². The minimum Gasteiger partial charge on any atom is -0.493 e. The Morgan fingerprint density at radius 3 is 2.65 bits per heavy atom. The SMILES string of the molecule is CCOC(=O)CN1C(=O)S/C(=C\c2ccc(OCc3cccc(C)c3)c(OC)c2)C1=O. The van der Waals surface area contributed by atoms with Gasteiger partial charge in [0, 0.05) is 0 Å². The van der Waals surface area contributed by atoms with Gasteiger partial charge in [-0.2, -0.15) is 0 Å². The molecule has 2 aromatic carbocycles. The Hall–Kier alpha value is -3.26. The molecule has 0 aliphatic carbocycles. The first-order valence-corrected chi connectivity index (χ1v) is 10.5. The van der Waals surface area contributed by atoms with Crippen molar-refractivity contribution in [1.82, 2.24) is 4.90 Å². The van der Waals surface area contributed by atoms with Gasteiger partial charge in [-0.1, -0.05) is 35.9 Å². The number of rotatable bonds is 8. The van der Waals surface area contributed by atoms with Crippen LogP contribution >= 0.6 is 11.8 Å². The second kappa shape index (κ2) is 10.2. The van der Waals surface area contributed by atoms with E-state index >= 15 is 0 Å². The normalized spacial score (nSPS) is 14.8. The first-order valence-electron chi connectivity index (χ1n) is 9.68. The summed E-state index contributed by atoms with van der Waals surface area (Å²) < 4.78 is 16.1. The van der Waals surface area contributed by atoms with Crippen LogP contribution in [-0.4, -0.2) is 42.3 Å². The lowest BCUT2D eigenvalue weighted by Crippen LogP contribution is -2.34. The van der Waals surface area contributed by atoms with E-state index in [0.717, 1.165) is 27.8 Å². The minimum atomic E-state index is -0.622. The molecule has 8 heteroatoms. The molecule has 0 bridgehead atoms. The summed E-state index contributed by atoms with van der Waals surface area (Å²) in [6.07, 6.45) is 1.59. The Kier molecular flexibility index (Phi) is 7.36. The highest BCUT2D eigenvalue weighted by Crippen LogP contribution is 2.34. The van der Waals surface area contributed by atoms with Gasteiger partial charge in [0.05, 0.1) is 18.6 Å². The van der Waals surface area contributed by atoms with Gasteiger partial charge in [-0.3, -0.25) is 19.3 Å². The van der Waals surface area contributed by atoms with E-state index in [9.17, 15) is 14.4 Å². The van der Waals surface area contributed by atoms with Crippen molar-refractivity contribution in [3.05, 3.63) is 64.1 Å². The van der Waals surface area contributed by atoms with E-state index in [2.05, 4.69) is 0 Å². The van der Waals surface area contributed by atoms with Crippen LogP contribution in [0.1, 0.15) is 23.6 Å². The maximum Gasteiger partial charge on any atom is 0.326 e. The zero-order valence-electron chi connectivity index (χ0n) is 17.5. The molecule has 0 spiro atoms. The molecule has 162 valence electrons. The van der Waals surface area contributed by atoms with Crippen LogP contribution < -0.4 is 9.47 Å². The van der Waals surface area contributed by atoms with Crippen molar-refractivity contribution in [2.24, 2.45) is 0 Å². The van der Waals surface area contributed by atoms with Gasteiger partial charge in [-0.05, 0) is 54.9 Å². The van der Waals surface area contributed by atoms with E-state index < -0.39 is 23.7 Å². The molecule has 7 nitrogen and oxygen atoms in total. The van der Waals surface area contributed by atoms with Gasteiger partial charge in [0.2, 0.25) is 0 Å². The largest absolute Gasteiger partial charge is 0.493 e. The van der Waals surface area contributed by atoms with Crippen LogP contribution in [0.25, 0.3) is 6.08 Å². The van der Waals surface area contributed by atoms with Crippen molar-refractivity contribution >= 4 is 35.0 Å². The summed E-state index contributed by atoms with van der Waals surface area (Å²) in [6.45, 7) is 3.86. The molecule has 0 N–H and O–H groups in total. The number of methoxy groups -OCH3 is 1. The molecule has 1 heterocycles. The second-order valence-electron chi connectivity index (χ2n) is 6.76. The summed E-state index contributed by atoms with van der Waals surface area (Å²) >= 11 is 0.782. The maximum absolute atomic E-state index is 12.5. The summed E-state index contributed by atoms with van der Waals surface area (Å²) in [6, 6.07) is 13.3. The fraction of sp³-hybridized carbons (Fsp3) is 0.261. The second-order valence-corrected chi connectivity index (χ2v) is 7.75. The van der Waals surface area contributed by atoms with Crippen LogP contribution in [0, 0.1) is 6.92 Å². The number of hydrogen-bond acceptors (Lipinski definition) is 7. The fourth-order valence-corrected chi connectivity index (χ4v) is 3.82. The molecule has 1 aliphatic rings. The van der Waals surface area contributed by atoms with Gasteiger partial charge >= 0.3 is 5.97 Å². The van der Waals surface area contributed by atoms with Gasteiger partial charge < -0.3 is 14.2 Å². The van der Waals surface area contributed by atoms with E-state index in [-0.39, 0.29) is 11.5 Å². The Morgan fingerprint density at radius 1 is 1.13 bits per heavy atom. The van der Waals surface area contributed by atoms with Gasteiger partial charge in [0.15, 0.2) is 11.5 Å². The van der Waals surface area contributed by atoms with Crippen LogP contribution in [-0.2, 0) is 20.9 Å². The van der Waals surface area contributed by atoms with Gasteiger partial charge in [-0.25, -0.2) is 0 Å². The number of nitrogens with zero attached hydrogens (tertiary/aromatic N) is 1. The highest BCUT2D eigenvalue weighted by Gasteiger charge is 2.36. The summed E-state index contributed by atoms with van der Waals surface area (Å²) in [5.41, 5.74) is 2.86. The van der Waals surface area contributed by atoms with E-state index in [1.54, 1.807) is 31.2 Å². The first kappa shape index (κ1) is 22.4. The highest BCUT2D eigenvalue weighted by atomic mass is 32.2. The molecule has 2 amide bonds. The third-order valence-corrected chi connectivity index (χ3v) is 5.34. The number of carbonyl (C=O) groups is 3. The van der Waals surface area contributed by atoms with Crippen LogP contribution in [0.5, 0.6) is 11.5 Å². The summed E-state index contributed by atoms with van der Waals surface area (Å²) in [5, 5.41) is -0.505. The monoisotopic (exact) mass is 441 g/mol. The number of hydrogen-bond donors (Lipinski definition) is 0. The number of amides is 2. The van der Waals surface area contributed by atoms with Crippen molar-refractivity contribution < 1.29 is 28.6 Å². The van der Waals surface area contributed by atoms with Crippen molar-refractivity contribution in [1.29, 1.82) is 0 Å². The van der Waals surface area contributed by atoms with Gasteiger partial charge in [0.25, 0.3) is 11.1 Å². The smallest absolute Gasteiger partial charge is 0.326 e. The number of ether oxygens (including phenoxy) is 3. The number of carbonyl (C=O) groups excluding carboxylic acids is 3. The van der Waals surface area contributed by atoms with Crippen molar-refractivity contribution in [2.75, 3.05) is 20.3 Å². The molecule has 0 unspecified atom stereocenters. The Morgan fingerprint density at radius 2 is 1.94 bits per heavy atom. The number of benzene rings is 2. The van der Waals surface area contributed by atoms with Crippen LogP contribution in [0.3, 0.4) is 0 Å². The standard InChI is InChI=1S/C23H23NO6S/c1-4-29-21(25)13-24-22(26)20(31-23(24)27)12-16-8-9-18(19(11-16)28-3)30-14-17-7-5-6-15(2)10-17/h5-12H,4,13-14H2,1-3H3/b20-12-. The van der Waals surface area contributed by atoms with E-state index in [4.69, 9.17) is 14.2 Å². The van der Waals surface area contributed by atoms with Gasteiger partial charge in [-0.15, -0.1) is 0 Å². The molecule has 2 aromatic rings. The molecular weight excluding hydrogens is 418 g/mol. The number of aryl methyl sites for hydroxylation is 1. The zero-order valence-corrected chi connectivity index (χ0v) is 18.4. The molecule has 31 heavy (non-hydrogen) atoms. The average Bonchev–Trinajstić information content (AvgIpc) is 3.00. The third-order valence-electron chi connectivity index (χ3n) is 4.43.